The zero-order valence-electron chi connectivity index (χ0n) is 11.4. The van der Waals surface area contributed by atoms with Crippen LogP contribution in [0.25, 0.3) is 0 Å². The maximum absolute atomic E-state index is 11.8. The number of amides is 1. The zero-order chi connectivity index (χ0) is 13.2. The Morgan fingerprint density at radius 3 is 2.35 bits per heavy atom. The summed E-state index contributed by atoms with van der Waals surface area (Å²) in [6, 6.07) is 0. The Hall–Kier alpha value is -1.06. The molecule has 17 heavy (non-hydrogen) atoms. The summed E-state index contributed by atoms with van der Waals surface area (Å²) in [6.45, 7) is 10.5. The van der Waals surface area contributed by atoms with Gasteiger partial charge in [0.05, 0.1) is 0 Å². The highest BCUT2D eigenvalue weighted by molar-refractivity contribution is 5.84. The first kappa shape index (κ1) is 14.0. The van der Waals surface area contributed by atoms with Crippen molar-refractivity contribution in [1.29, 1.82) is 0 Å². The predicted octanol–water partition coefficient (Wildman–Crippen LogP) is 2.47. The maximum atomic E-state index is 11.8. The highest BCUT2D eigenvalue weighted by Crippen LogP contribution is 2.22. The normalized spacial score (nSPS) is 20.8. The van der Waals surface area contributed by atoms with Crippen molar-refractivity contribution in [3.63, 3.8) is 0 Å². The van der Waals surface area contributed by atoms with Gasteiger partial charge in [-0.25, -0.2) is 4.79 Å². The van der Waals surface area contributed by atoms with Crippen LogP contribution in [0.3, 0.4) is 0 Å². The summed E-state index contributed by atoms with van der Waals surface area (Å²) in [5, 5.41) is 0. The van der Waals surface area contributed by atoms with Crippen molar-refractivity contribution in [2.75, 3.05) is 13.1 Å². The van der Waals surface area contributed by atoms with E-state index in [2.05, 4.69) is 0 Å². The highest BCUT2D eigenvalue weighted by atomic mass is 16.6. The third kappa shape index (κ3) is 4.02. The number of Topliss-reactive ketones (excluding diaryl/α,β-unsaturated/α-hetero) is 1. The van der Waals surface area contributed by atoms with E-state index in [1.54, 1.807) is 4.90 Å². The van der Waals surface area contributed by atoms with Crippen LogP contribution in [-0.4, -0.2) is 35.5 Å². The third-order valence-corrected chi connectivity index (χ3v) is 2.81. The standard InChI is InChI=1S/C13H23NO3/c1-9(2)11(15)10-6-7-14(8-10)12(16)17-13(3,4)5/h9-10H,6-8H2,1-5H3. The average molecular weight is 241 g/mol. The average Bonchev–Trinajstić information content (AvgIpc) is 2.62. The minimum Gasteiger partial charge on any atom is -0.444 e. The number of nitrogens with zero attached hydrogens (tertiary/aromatic N) is 1. The van der Waals surface area contributed by atoms with Crippen LogP contribution in [0.1, 0.15) is 41.0 Å². The first-order valence-electron chi connectivity index (χ1n) is 6.22. The Bertz CT molecular complexity index is 304. The van der Waals surface area contributed by atoms with Gasteiger partial charge in [0.15, 0.2) is 0 Å². The molecule has 0 radical (unpaired) electrons. The second-order valence-electron chi connectivity index (χ2n) is 5.97. The molecule has 0 aliphatic carbocycles. The number of rotatable bonds is 2. The number of carbonyl (C=O) groups excluding carboxylic acids is 2. The summed E-state index contributed by atoms with van der Waals surface area (Å²) in [6.07, 6.45) is 0.451. The minimum atomic E-state index is -0.475. The summed E-state index contributed by atoms with van der Waals surface area (Å²) < 4.78 is 5.29. The lowest BCUT2D eigenvalue weighted by Gasteiger charge is -2.24. The van der Waals surface area contributed by atoms with Crippen molar-refractivity contribution in [1.82, 2.24) is 4.90 Å². The minimum absolute atomic E-state index is 0.0116. The zero-order valence-corrected chi connectivity index (χ0v) is 11.4. The van der Waals surface area contributed by atoms with Crippen molar-refractivity contribution < 1.29 is 14.3 Å². The molecular formula is C13H23NO3. The lowest BCUT2D eigenvalue weighted by atomic mass is 9.95. The summed E-state index contributed by atoms with van der Waals surface area (Å²) in [5.41, 5.74) is -0.475. The molecular weight excluding hydrogens is 218 g/mol. The number of hydrogen-bond donors (Lipinski definition) is 0. The molecule has 4 nitrogen and oxygen atoms in total. The molecule has 1 amide bonds. The fourth-order valence-electron chi connectivity index (χ4n) is 1.96. The predicted molar refractivity (Wildman–Crippen MR) is 65.8 cm³/mol. The molecule has 0 aromatic rings. The number of hydrogen-bond acceptors (Lipinski definition) is 3. The van der Waals surface area contributed by atoms with E-state index in [4.69, 9.17) is 4.74 Å². The molecule has 0 N–H and O–H groups in total. The van der Waals surface area contributed by atoms with Gasteiger partial charge < -0.3 is 9.64 Å². The number of ketones is 1. The van der Waals surface area contributed by atoms with Crippen molar-refractivity contribution >= 4 is 11.9 Å². The van der Waals surface area contributed by atoms with E-state index in [1.807, 2.05) is 34.6 Å². The van der Waals surface area contributed by atoms with Crippen LogP contribution < -0.4 is 0 Å². The summed E-state index contributed by atoms with van der Waals surface area (Å²) in [4.78, 5) is 25.2. The van der Waals surface area contributed by atoms with Crippen LogP contribution in [0.2, 0.25) is 0 Å². The number of ether oxygens (including phenoxy) is 1. The Labute approximate surface area is 103 Å². The van der Waals surface area contributed by atoms with Gasteiger partial charge in [-0.3, -0.25) is 4.79 Å². The second-order valence-corrected chi connectivity index (χ2v) is 5.97. The molecule has 1 aliphatic rings. The van der Waals surface area contributed by atoms with Gasteiger partial charge in [-0.15, -0.1) is 0 Å². The van der Waals surface area contributed by atoms with E-state index in [0.29, 0.717) is 13.1 Å². The van der Waals surface area contributed by atoms with Gasteiger partial charge in [-0.1, -0.05) is 13.8 Å². The van der Waals surface area contributed by atoms with Crippen molar-refractivity contribution in [2.45, 2.75) is 46.6 Å². The van der Waals surface area contributed by atoms with Crippen LogP contribution in [0.5, 0.6) is 0 Å². The molecule has 4 heteroatoms. The van der Waals surface area contributed by atoms with Crippen molar-refractivity contribution in [2.24, 2.45) is 11.8 Å². The van der Waals surface area contributed by atoms with Gasteiger partial charge >= 0.3 is 6.09 Å². The largest absolute Gasteiger partial charge is 0.444 e. The van der Waals surface area contributed by atoms with Gasteiger partial charge in [0, 0.05) is 24.9 Å². The van der Waals surface area contributed by atoms with E-state index in [0.717, 1.165) is 6.42 Å². The first-order chi connectivity index (χ1) is 7.70. The fraction of sp³-hybridized carbons (Fsp3) is 0.846. The second kappa shape index (κ2) is 5.07. The first-order valence-corrected chi connectivity index (χ1v) is 6.22. The molecule has 0 bridgehead atoms. The molecule has 1 fully saturated rings. The van der Waals surface area contributed by atoms with Gasteiger partial charge in [0.2, 0.25) is 0 Å². The Balaban J connectivity index is 2.51. The van der Waals surface area contributed by atoms with Crippen molar-refractivity contribution in [3.8, 4) is 0 Å². The topological polar surface area (TPSA) is 46.6 Å². The molecule has 0 aromatic carbocycles. The van der Waals surface area contributed by atoms with Gasteiger partial charge in [0.1, 0.15) is 11.4 Å². The molecule has 1 atom stereocenters. The number of carbonyl (C=O) groups is 2. The van der Waals surface area contributed by atoms with Crippen LogP contribution in [0, 0.1) is 11.8 Å². The van der Waals surface area contributed by atoms with E-state index in [-0.39, 0.29) is 23.7 Å². The van der Waals surface area contributed by atoms with Crippen LogP contribution in [-0.2, 0) is 9.53 Å². The van der Waals surface area contributed by atoms with E-state index >= 15 is 0 Å². The lowest BCUT2D eigenvalue weighted by molar-refractivity contribution is -0.125. The molecule has 0 aromatic heterocycles. The molecule has 1 saturated heterocycles. The Morgan fingerprint density at radius 1 is 1.29 bits per heavy atom. The Morgan fingerprint density at radius 2 is 1.88 bits per heavy atom. The molecule has 1 aliphatic heterocycles. The van der Waals surface area contributed by atoms with Gasteiger partial charge in [0.25, 0.3) is 0 Å². The van der Waals surface area contributed by atoms with Crippen LogP contribution in [0.15, 0.2) is 0 Å². The maximum Gasteiger partial charge on any atom is 0.410 e. The SMILES string of the molecule is CC(C)C(=O)C1CCN(C(=O)OC(C)(C)C)C1. The van der Waals surface area contributed by atoms with Crippen LogP contribution in [0.4, 0.5) is 4.79 Å². The van der Waals surface area contributed by atoms with Gasteiger partial charge in [-0.05, 0) is 27.2 Å². The summed E-state index contributed by atoms with van der Waals surface area (Å²) in [7, 11) is 0. The molecule has 1 unspecified atom stereocenters. The fourth-order valence-corrected chi connectivity index (χ4v) is 1.96. The molecule has 1 rings (SSSR count). The smallest absolute Gasteiger partial charge is 0.410 e. The van der Waals surface area contributed by atoms with E-state index in [1.165, 1.54) is 0 Å². The number of likely N-dealkylation sites (tertiary alicyclic amines) is 1. The molecule has 0 spiro atoms. The third-order valence-electron chi connectivity index (χ3n) is 2.81. The van der Waals surface area contributed by atoms with E-state index in [9.17, 15) is 9.59 Å². The molecule has 1 heterocycles. The van der Waals surface area contributed by atoms with Crippen molar-refractivity contribution in [3.05, 3.63) is 0 Å². The molecule has 98 valence electrons. The monoisotopic (exact) mass is 241 g/mol. The summed E-state index contributed by atoms with van der Waals surface area (Å²) in [5.74, 6) is 0.275. The van der Waals surface area contributed by atoms with Crippen LogP contribution >= 0.6 is 0 Å². The van der Waals surface area contributed by atoms with E-state index < -0.39 is 5.60 Å². The Kier molecular flexibility index (Phi) is 4.17. The lowest BCUT2D eigenvalue weighted by Crippen LogP contribution is -2.36. The van der Waals surface area contributed by atoms with Gasteiger partial charge in [-0.2, -0.15) is 0 Å². The molecule has 0 saturated carbocycles. The quantitative estimate of drug-likeness (QED) is 0.746. The summed E-state index contributed by atoms with van der Waals surface area (Å²) >= 11 is 0. The highest BCUT2D eigenvalue weighted by Gasteiger charge is 2.33.